The minimum atomic E-state index is -4.30. The zero-order valence-corrected chi connectivity index (χ0v) is 30.4. The van der Waals surface area contributed by atoms with Gasteiger partial charge in [0.1, 0.15) is 38.7 Å². The Morgan fingerprint density at radius 3 is 1.75 bits per heavy atom. The standard InChI is InChI=1S/C14H16ClN5O5S.C12H13N5O6S2/c1-9-16-12(19-14(17-9)24-2)18-13(21)20-26(22,23)11-6-4-3-5-10(11)25-8-7-15;1-6-13-10(16-12(14-6)23-3)15-11(19)17-25(20,21)7-4-5-24-8(7)9(18)22-2/h3-6H,7-8H2,1-2H3,(H2,16,17,18,19,20,21);4-5H,1-3H3,(H2,13,14,15,16,17,19). The number of amides is 4. The van der Waals surface area contributed by atoms with E-state index in [0.29, 0.717) is 0 Å². The molecule has 0 aliphatic heterocycles. The second kappa shape index (κ2) is 18.0. The normalized spacial score (nSPS) is 10.9. The van der Waals surface area contributed by atoms with Crippen molar-refractivity contribution in [2.45, 2.75) is 23.6 Å². The van der Waals surface area contributed by atoms with Crippen molar-refractivity contribution in [3.05, 3.63) is 52.2 Å². The van der Waals surface area contributed by atoms with Crippen LogP contribution in [0.4, 0.5) is 21.5 Å². The number of hydrogen-bond donors (Lipinski definition) is 4. The van der Waals surface area contributed by atoms with Gasteiger partial charge in [0.05, 0.1) is 27.2 Å². The number of esters is 1. The molecule has 274 valence electrons. The molecule has 0 radical (unpaired) electrons. The highest BCUT2D eigenvalue weighted by Crippen LogP contribution is 2.24. The van der Waals surface area contributed by atoms with Crippen molar-refractivity contribution in [2.24, 2.45) is 0 Å². The number of nitrogens with one attached hydrogen (secondary N) is 4. The highest BCUT2D eigenvalue weighted by molar-refractivity contribution is 7.90. The number of sulfonamides is 2. The fraction of sp³-hybridized carbons (Fsp3) is 0.269. The smallest absolute Gasteiger partial charge is 0.349 e. The number of nitrogens with zero attached hydrogens (tertiary/aromatic N) is 6. The first-order valence-electron chi connectivity index (χ1n) is 13.8. The number of aromatic nitrogens is 6. The van der Waals surface area contributed by atoms with Crippen molar-refractivity contribution in [1.82, 2.24) is 39.3 Å². The van der Waals surface area contributed by atoms with Gasteiger partial charge in [0.15, 0.2) is 0 Å². The van der Waals surface area contributed by atoms with Crippen LogP contribution in [0.2, 0.25) is 0 Å². The van der Waals surface area contributed by atoms with Crippen molar-refractivity contribution in [1.29, 1.82) is 0 Å². The summed E-state index contributed by atoms with van der Waals surface area (Å²) in [5.41, 5.74) is 0. The average Bonchev–Trinajstić information content (AvgIpc) is 3.58. The van der Waals surface area contributed by atoms with Gasteiger partial charge in [-0.05, 0) is 37.4 Å². The van der Waals surface area contributed by atoms with Crippen molar-refractivity contribution in [3.8, 4) is 17.8 Å². The number of benzene rings is 1. The van der Waals surface area contributed by atoms with Gasteiger partial charge in [-0.15, -0.1) is 22.9 Å². The summed E-state index contributed by atoms with van der Waals surface area (Å²) in [6.45, 7) is 3.22. The van der Waals surface area contributed by atoms with Gasteiger partial charge in [-0.3, -0.25) is 10.6 Å². The van der Waals surface area contributed by atoms with Crippen LogP contribution in [0.5, 0.6) is 17.8 Å². The van der Waals surface area contributed by atoms with E-state index in [9.17, 15) is 31.2 Å². The number of halogens is 1. The lowest BCUT2D eigenvalue weighted by Gasteiger charge is -2.12. The number of thiophene rings is 1. The Hall–Kier alpha value is -5.46. The lowest BCUT2D eigenvalue weighted by molar-refractivity contribution is 0.0602. The van der Waals surface area contributed by atoms with Crippen molar-refractivity contribution >= 4 is 72.9 Å². The molecule has 0 bridgehead atoms. The maximum Gasteiger partial charge on any atom is 0.349 e. The molecule has 1 aromatic carbocycles. The molecular formula is C26H29ClN10O11S3. The van der Waals surface area contributed by atoms with Crippen LogP contribution in [0.15, 0.2) is 45.5 Å². The number of methoxy groups -OCH3 is 3. The molecule has 4 rings (SSSR count). The van der Waals surface area contributed by atoms with Gasteiger partial charge < -0.3 is 18.9 Å². The van der Waals surface area contributed by atoms with E-state index in [1.807, 2.05) is 4.72 Å². The highest BCUT2D eigenvalue weighted by Gasteiger charge is 2.27. The van der Waals surface area contributed by atoms with Gasteiger partial charge in [-0.2, -0.15) is 29.9 Å². The Labute approximate surface area is 299 Å². The van der Waals surface area contributed by atoms with Gasteiger partial charge in [0.2, 0.25) is 11.9 Å². The lowest BCUT2D eigenvalue weighted by atomic mass is 10.3. The lowest BCUT2D eigenvalue weighted by Crippen LogP contribution is -2.35. The fourth-order valence-corrected chi connectivity index (χ4v) is 6.88. The summed E-state index contributed by atoms with van der Waals surface area (Å²) in [5.74, 6) is -0.377. The third kappa shape index (κ3) is 11.5. The first kappa shape index (κ1) is 40.0. The highest BCUT2D eigenvalue weighted by atomic mass is 35.5. The third-order valence-corrected chi connectivity index (χ3v) is 9.41. The Kier molecular flexibility index (Phi) is 14.1. The van der Waals surface area contributed by atoms with Crippen LogP contribution < -0.4 is 34.3 Å². The molecular weight excluding hydrogens is 760 g/mol. The van der Waals surface area contributed by atoms with E-state index in [1.165, 1.54) is 50.8 Å². The summed E-state index contributed by atoms with van der Waals surface area (Å²) >= 11 is 6.42. The average molecular weight is 789 g/mol. The molecule has 0 unspecified atom stereocenters. The van der Waals surface area contributed by atoms with Crippen molar-refractivity contribution in [2.75, 3.05) is 44.4 Å². The topological polar surface area (TPSA) is 282 Å². The first-order chi connectivity index (χ1) is 24.1. The number of alkyl halides is 1. The van der Waals surface area contributed by atoms with Gasteiger partial charge >= 0.3 is 30.1 Å². The molecule has 0 saturated carbocycles. The van der Waals surface area contributed by atoms with Gasteiger partial charge in [0.25, 0.3) is 20.0 Å². The fourth-order valence-electron chi connectivity index (χ4n) is 3.51. The van der Waals surface area contributed by atoms with Crippen LogP contribution in [0.1, 0.15) is 21.3 Å². The molecule has 25 heteroatoms. The number of hydrogen-bond acceptors (Lipinski definition) is 18. The van der Waals surface area contributed by atoms with E-state index in [4.69, 9.17) is 25.8 Å². The van der Waals surface area contributed by atoms with Crippen LogP contribution in [0.25, 0.3) is 0 Å². The molecule has 3 aromatic heterocycles. The number of carbonyl (C=O) groups is 3. The number of ether oxygens (including phenoxy) is 4. The summed E-state index contributed by atoms with van der Waals surface area (Å²) in [6.07, 6.45) is 0. The molecule has 0 spiro atoms. The van der Waals surface area contributed by atoms with Gasteiger partial charge in [-0.1, -0.05) is 12.1 Å². The summed E-state index contributed by atoms with van der Waals surface area (Å²) in [6, 6.07) is 4.81. The van der Waals surface area contributed by atoms with E-state index < -0.39 is 38.1 Å². The minimum absolute atomic E-state index is 0.0181. The molecule has 21 nitrogen and oxygen atoms in total. The van der Waals surface area contributed by atoms with Crippen molar-refractivity contribution < 1.29 is 50.2 Å². The van der Waals surface area contributed by atoms with E-state index in [0.717, 1.165) is 18.4 Å². The molecule has 0 fully saturated rings. The Bertz CT molecular complexity index is 2100. The second-order valence-electron chi connectivity index (χ2n) is 9.09. The number of anilines is 2. The number of carbonyl (C=O) groups excluding carboxylic acids is 3. The van der Waals surface area contributed by atoms with Gasteiger partial charge in [0, 0.05) is 0 Å². The third-order valence-electron chi connectivity index (χ3n) is 5.49. The van der Waals surface area contributed by atoms with E-state index in [1.54, 1.807) is 17.7 Å². The van der Waals surface area contributed by atoms with E-state index in [2.05, 4.69) is 45.3 Å². The molecule has 0 saturated heterocycles. The number of para-hydroxylation sites is 1. The predicted molar refractivity (Wildman–Crippen MR) is 179 cm³/mol. The van der Waals surface area contributed by atoms with Gasteiger partial charge in [-0.25, -0.2) is 40.7 Å². The SMILES string of the molecule is COC(=O)c1sccc1S(=O)(=O)NC(=O)Nc1nc(C)nc(OC)n1.COc1nc(C)nc(NC(=O)NS(=O)(=O)c2ccccc2OCCCl)n1. The maximum absolute atomic E-state index is 12.4. The van der Waals surface area contributed by atoms with Crippen LogP contribution in [-0.2, 0) is 24.8 Å². The summed E-state index contributed by atoms with van der Waals surface area (Å²) < 4.78 is 72.5. The van der Waals surface area contributed by atoms with E-state index >= 15 is 0 Å². The van der Waals surface area contributed by atoms with E-state index in [-0.39, 0.29) is 68.5 Å². The molecule has 4 N–H and O–H groups in total. The Morgan fingerprint density at radius 1 is 0.745 bits per heavy atom. The Balaban J connectivity index is 0.000000276. The maximum atomic E-state index is 12.4. The quantitative estimate of drug-likeness (QED) is 0.118. The summed E-state index contributed by atoms with van der Waals surface area (Å²) in [4.78, 5) is 57.8. The molecule has 4 aromatic rings. The number of urea groups is 2. The molecule has 0 atom stereocenters. The molecule has 51 heavy (non-hydrogen) atoms. The van der Waals surface area contributed by atoms with Crippen LogP contribution in [0.3, 0.4) is 0 Å². The van der Waals surface area contributed by atoms with Crippen molar-refractivity contribution in [3.63, 3.8) is 0 Å². The predicted octanol–water partition coefficient (Wildman–Crippen LogP) is 1.86. The summed E-state index contributed by atoms with van der Waals surface area (Å²) in [7, 11) is -4.71. The van der Waals surface area contributed by atoms with Crippen LogP contribution >= 0.6 is 22.9 Å². The number of rotatable bonds is 12. The zero-order chi connectivity index (χ0) is 37.8. The Morgan fingerprint density at radius 2 is 1.25 bits per heavy atom. The summed E-state index contributed by atoms with van der Waals surface area (Å²) in [5, 5.41) is 5.75. The number of aryl methyl sites for hydroxylation is 2. The molecule has 0 aliphatic carbocycles. The van der Waals surface area contributed by atoms with Crippen LogP contribution in [0, 0.1) is 13.8 Å². The molecule has 3 heterocycles. The van der Waals surface area contributed by atoms with Crippen LogP contribution in [-0.4, -0.2) is 98.6 Å². The second-order valence-corrected chi connectivity index (χ2v) is 13.7. The molecule has 0 aliphatic rings. The first-order valence-corrected chi connectivity index (χ1v) is 18.1. The monoisotopic (exact) mass is 788 g/mol. The minimum Gasteiger partial charge on any atom is -0.491 e. The largest absolute Gasteiger partial charge is 0.491 e. The zero-order valence-electron chi connectivity index (χ0n) is 27.2. The molecule has 4 amide bonds.